The van der Waals surface area contributed by atoms with Crippen LogP contribution >= 0.6 is 0 Å². The van der Waals surface area contributed by atoms with Gasteiger partial charge in [-0.3, -0.25) is 4.79 Å². The van der Waals surface area contributed by atoms with E-state index in [1.807, 2.05) is 0 Å². The summed E-state index contributed by atoms with van der Waals surface area (Å²) < 4.78 is 27.3. The van der Waals surface area contributed by atoms with E-state index in [1.165, 1.54) is 16.8 Å². The molecule has 8 nitrogen and oxygen atoms in total. The molecule has 2 aromatic heterocycles. The van der Waals surface area contributed by atoms with Crippen molar-refractivity contribution in [3.63, 3.8) is 0 Å². The number of carbonyl (C=O) groups is 1. The minimum atomic E-state index is -2.84. The van der Waals surface area contributed by atoms with E-state index in [2.05, 4.69) is 10.2 Å². The van der Waals surface area contributed by atoms with E-state index in [0.29, 0.717) is 15.9 Å². The molecule has 0 aliphatic carbocycles. The number of benzene rings is 1. The molecule has 3 rings (SSSR count). The first kappa shape index (κ1) is 17.4. The molecular formula is C16H16F2N6O2. The molecule has 0 aliphatic heterocycles. The second-order valence-electron chi connectivity index (χ2n) is 5.72. The van der Waals surface area contributed by atoms with E-state index in [1.54, 1.807) is 19.9 Å². The Morgan fingerprint density at radius 2 is 1.92 bits per heavy atom. The zero-order valence-corrected chi connectivity index (χ0v) is 13.9. The van der Waals surface area contributed by atoms with Crippen LogP contribution in [0.25, 0.3) is 17.1 Å². The van der Waals surface area contributed by atoms with Crippen molar-refractivity contribution in [3.8, 4) is 22.8 Å². The molecule has 136 valence electrons. The highest BCUT2D eigenvalue weighted by atomic mass is 19.3. The molecule has 0 radical (unpaired) electrons. The highest BCUT2D eigenvalue weighted by Crippen LogP contribution is 2.33. The predicted octanol–water partition coefficient (Wildman–Crippen LogP) is 2.13. The Hall–Kier alpha value is -3.43. The third-order valence-corrected chi connectivity index (χ3v) is 4.03. The Morgan fingerprint density at radius 1 is 1.23 bits per heavy atom. The molecule has 3 aromatic rings. The van der Waals surface area contributed by atoms with Crippen molar-refractivity contribution >= 4 is 11.7 Å². The number of hydrogen-bond donors (Lipinski definition) is 3. The van der Waals surface area contributed by atoms with Crippen LogP contribution in [0.15, 0.2) is 24.4 Å². The molecule has 10 heteroatoms. The number of anilines is 1. The van der Waals surface area contributed by atoms with Crippen LogP contribution in [0.2, 0.25) is 0 Å². The molecule has 1 aromatic carbocycles. The monoisotopic (exact) mass is 362 g/mol. The lowest BCUT2D eigenvalue weighted by atomic mass is 10.1. The molecular weight excluding hydrogens is 346 g/mol. The van der Waals surface area contributed by atoms with Gasteiger partial charge in [-0.1, -0.05) is 6.07 Å². The summed E-state index contributed by atoms with van der Waals surface area (Å²) in [7, 11) is 0. The van der Waals surface area contributed by atoms with E-state index in [0.717, 1.165) is 11.8 Å². The first-order valence-electron chi connectivity index (χ1n) is 7.54. The van der Waals surface area contributed by atoms with Gasteiger partial charge in [-0.25, -0.2) is 9.36 Å². The van der Waals surface area contributed by atoms with E-state index in [-0.39, 0.29) is 28.5 Å². The lowest BCUT2D eigenvalue weighted by molar-refractivity contribution is 0.0568. The number of phenolic OH excluding ortho intramolecular Hbond substituents is 1. The van der Waals surface area contributed by atoms with Gasteiger partial charge in [-0.2, -0.15) is 19.0 Å². The Balaban J connectivity index is 2.27. The molecule has 26 heavy (non-hydrogen) atoms. The molecule has 0 spiro atoms. The number of carbonyl (C=O) groups excluding carboxylic acids is 1. The van der Waals surface area contributed by atoms with Crippen LogP contribution in [0.1, 0.15) is 28.0 Å². The average molecular weight is 362 g/mol. The number of amides is 1. The fourth-order valence-corrected chi connectivity index (χ4v) is 2.75. The van der Waals surface area contributed by atoms with Gasteiger partial charge in [0.15, 0.2) is 0 Å². The van der Waals surface area contributed by atoms with Gasteiger partial charge >= 0.3 is 6.55 Å². The van der Waals surface area contributed by atoms with Crippen LogP contribution < -0.4 is 11.5 Å². The van der Waals surface area contributed by atoms with Gasteiger partial charge in [-0.05, 0) is 31.5 Å². The number of rotatable bonds is 4. The summed E-state index contributed by atoms with van der Waals surface area (Å²) in [5.74, 6) is -0.925. The van der Waals surface area contributed by atoms with Crippen molar-refractivity contribution in [3.05, 3.63) is 41.1 Å². The lowest BCUT2D eigenvalue weighted by Gasteiger charge is -2.12. The van der Waals surface area contributed by atoms with Crippen LogP contribution in [0, 0.1) is 13.8 Å². The van der Waals surface area contributed by atoms with Crippen molar-refractivity contribution in [2.75, 3.05) is 5.73 Å². The Kier molecular flexibility index (Phi) is 4.10. The highest BCUT2D eigenvalue weighted by molar-refractivity contribution is 6.03. The summed E-state index contributed by atoms with van der Waals surface area (Å²) in [6.45, 7) is 0.599. The van der Waals surface area contributed by atoms with Crippen molar-refractivity contribution < 1.29 is 18.7 Å². The normalized spacial score (nSPS) is 11.3. The third kappa shape index (κ3) is 2.65. The fraction of sp³-hybridized carbons (Fsp3) is 0.188. The first-order valence-corrected chi connectivity index (χ1v) is 7.54. The number of aromatic nitrogens is 4. The molecule has 0 fully saturated rings. The maximum absolute atomic E-state index is 12.8. The number of aromatic hydroxyl groups is 1. The summed E-state index contributed by atoms with van der Waals surface area (Å²) >= 11 is 0. The van der Waals surface area contributed by atoms with Crippen molar-refractivity contribution in [2.24, 2.45) is 5.73 Å². The SMILES string of the molecule is Cc1ccc(O)c(C)c1-n1nc(-c2ccn(C(F)F)n2)c(C(N)=O)c1N. The van der Waals surface area contributed by atoms with Crippen molar-refractivity contribution in [2.45, 2.75) is 20.4 Å². The minimum Gasteiger partial charge on any atom is -0.508 e. The highest BCUT2D eigenvalue weighted by Gasteiger charge is 2.26. The number of alkyl halides is 2. The molecule has 0 atom stereocenters. The number of hydrogen-bond acceptors (Lipinski definition) is 5. The molecule has 1 amide bonds. The largest absolute Gasteiger partial charge is 0.508 e. The van der Waals surface area contributed by atoms with E-state index in [4.69, 9.17) is 11.5 Å². The lowest BCUT2D eigenvalue weighted by Crippen LogP contribution is -2.14. The van der Waals surface area contributed by atoms with E-state index in [9.17, 15) is 18.7 Å². The van der Waals surface area contributed by atoms with Gasteiger partial charge in [0, 0.05) is 11.8 Å². The zero-order chi connectivity index (χ0) is 19.2. The first-order chi connectivity index (χ1) is 12.2. The van der Waals surface area contributed by atoms with Crippen molar-refractivity contribution in [1.29, 1.82) is 0 Å². The average Bonchev–Trinajstić information content (AvgIpc) is 3.17. The fourth-order valence-electron chi connectivity index (χ4n) is 2.75. The molecule has 5 N–H and O–H groups in total. The third-order valence-electron chi connectivity index (χ3n) is 4.03. The molecule has 0 unspecified atom stereocenters. The van der Waals surface area contributed by atoms with Gasteiger partial charge in [-0.15, -0.1) is 0 Å². The van der Waals surface area contributed by atoms with E-state index >= 15 is 0 Å². The standard InChI is InChI=1S/C16H16F2N6O2/c1-7-3-4-10(25)8(2)13(7)24-14(19)11(15(20)26)12(22-24)9-5-6-23(21-9)16(17)18/h3-6,16,25H,19H2,1-2H3,(H2,20,26). The summed E-state index contributed by atoms with van der Waals surface area (Å²) in [4.78, 5) is 11.9. The van der Waals surface area contributed by atoms with Gasteiger partial charge < -0.3 is 16.6 Å². The number of nitrogen functional groups attached to an aromatic ring is 1. The quantitative estimate of drug-likeness (QED) is 0.656. The number of nitrogens with two attached hydrogens (primary N) is 2. The predicted molar refractivity (Wildman–Crippen MR) is 90.1 cm³/mol. The maximum Gasteiger partial charge on any atom is 0.333 e. The van der Waals surface area contributed by atoms with Gasteiger partial charge in [0.1, 0.15) is 28.5 Å². The summed E-state index contributed by atoms with van der Waals surface area (Å²) in [6, 6.07) is 4.47. The van der Waals surface area contributed by atoms with Crippen LogP contribution in [-0.2, 0) is 0 Å². The van der Waals surface area contributed by atoms with Crippen LogP contribution in [0.4, 0.5) is 14.6 Å². The Labute approximate surface area is 146 Å². The smallest absolute Gasteiger partial charge is 0.333 e. The molecule has 2 heterocycles. The van der Waals surface area contributed by atoms with Gasteiger partial charge in [0.25, 0.3) is 5.91 Å². The minimum absolute atomic E-state index is 0.0171. The summed E-state index contributed by atoms with van der Waals surface area (Å²) in [6.07, 6.45) is 1.06. The van der Waals surface area contributed by atoms with Crippen LogP contribution in [0.3, 0.4) is 0 Å². The number of primary amides is 1. The summed E-state index contributed by atoms with van der Waals surface area (Å²) in [5.41, 5.74) is 13.0. The zero-order valence-electron chi connectivity index (χ0n) is 13.9. The maximum atomic E-state index is 12.8. The number of halogens is 2. The number of nitrogens with zero attached hydrogens (tertiary/aromatic N) is 4. The van der Waals surface area contributed by atoms with Crippen LogP contribution in [0.5, 0.6) is 5.75 Å². The van der Waals surface area contributed by atoms with Gasteiger partial charge in [0.05, 0.1) is 5.69 Å². The Morgan fingerprint density at radius 3 is 2.50 bits per heavy atom. The van der Waals surface area contributed by atoms with E-state index < -0.39 is 12.5 Å². The van der Waals surface area contributed by atoms with Crippen LogP contribution in [-0.4, -0.2) is 30.6 Å². The van der Waals surface area contributed by atoms with Crippen molar-refractivity contribution in [1.82, 2.24) is 19.6 Å². The Bertz CT molecular complexity index is 1010. The molecule has 0 bridgehead atoms. The number of aryl methyl sites for hydroxylation is 1. The molecule has 0 saturated heterocycles. The number of phenols is 1. The van der Waals surface area contributed by atoms with Gasteiger partial charge in [0.2, 0.25) is 0 Å². The molecule has 0 saturated carbocycles. The topological polar surface area (TPSA) is 125 Å². The summed E-state index contributed by atoms with van der Waals surface area (Å²) in [5, 5.41) is 17.9. The molecule has 0 aliphatic rings. The second kappa shape index (κ2) is 6.14. The second-order valence-corrected chi connectivity index (χ2v) is 5.72.